The zero-order chi connectivity index (χ0) is 16.1. The van der Waals surface area contributed by atoms with Gasteiger partial charge in [-0.05, 0) is 31.2 Å². The lowest BCUT2D eigenvalue weighted by Crippen LogP contribution is -2.42. The Morgan fingerprint density at radius 2 is 2.14 bits per heavy atom. The third kappa shape index (κ3) is 3.43. The minimum Gasteiger partial charge on any atom is -0.336 e. The summed E-state index contributed by atoms with van der Waals surface area (Å²) in [4.78, 5) is 27.0. The van der Waals surface area contributed by atoms with Crippen LogP contribution in [0.3, 0.4) is 0 Å². The lowest BCUT2D eigenvalue weighted by molar-refractivity contribution is -0.129. The van der Waals surface area contributed by atoms with Gasteiger partial charge in [-0.25, -0.2) is 4.79 Å². The van der Waals surface area contributed by atoms with Gasteiger partial charge in [0.1, 0.15) is 0 Å². The molecule has 116 valence electrons. The van der Waals surface area contributed by atoms with Crippen LogP contribution in [0, 0.1) is 11.3 Å². The average Bonchev–Trinajstić information content (AvgIpc) is 2.98. The van der Waals surface area contributed by atoms with Crippen LogP contribution in [0.1, 0.15) is 31.0 Å². The second-order valence-corrected chi connectivity index (χ2v) is 5.25. The summed E-state index contributed by atoms with van der Waals surface area (Å²) in [6.45, 7) is 5.84. The van der Waals surface area contributed by atoms with E-state index in [1.54, 1.807) is 12.1 Å². The van der Waals surface area contributed by atoms with E-state index in [9.17, 15) is 9.59 Å². The molecule has 1 aliphatic heterocycles. The van der Waals surface area contributed by atoms with Gasteiger partial charge in [0.05, 0.1) is 18.2 Å². The number of carbonyl (C=O) groups excluding carboxylic acids is 2. The van der Waals surface area contributed by atoms with Crippen molar-refractivity contribution < 1.29 is 9.59 Å². The molecule has 0 unspecified atom stereocenters. The molecule has 0 spiro atoms. The van der Waals surface area contributed by atoms with Crippen molar-refractivity contribution in [1.29, 1.82) is 5.26 Å². The largest absolute Gasteiger partial charge is 0.336 e. The Morgan fingerprint density at radius 3 is 2.64 bits per heavy atom. The quantitative estimate of drug-likeness (QED) is 0.894. The van der Waals surface area contributed by atoms with E-state index in [1.807, 2.05) is 30.9 Å². The fraction of sp³-hybridized carbons (Fsp3) is 0.438. The summed E-state index contributed by atoms with van der Waals surface area (Å²) in [5.41, 5.74) is 1.66. The Hall–Kier alpha value is -2.39. The molecular formula is C16H20N4O2. The lowest BCUT2D eigenvalue weighted by atomic mass is 10.0. The van der Waals surface area contributed by atoms with Crippen molar-refractivity contribution in [3.63, 3.8) is 0 Å². The lowest BCUT2D eigenvalue weighted by Gasteiger charge is -2.28. The molecule has 6 nitrogen and oxygen atoms in total. The van der Waals surface area contributed by atoms with Crippen molar-refractivity contribution >= 4 is 11.9 Å². The first-order chi connectivity index (χ1) is 10.6. The maximum Gasteiger partial charge on any atom is 0.324 e. The molecule has 6 heteroatoms. The molecule has 22 heavy (non-hydrogen) atoms. The number of imide groups is 1. The molecule has 0 aliphatic carbocycles. The highest BCUT2D eigenvalue weighted by Crippen LogP contribution is 2.20. The van der Waals surface area contributed by atoms with Gasteiger partial charge in [-0.1, -0.05) is 19.1 Å². The van der Waals surface area contributed by atoms with E-state index in [0.717, 1.165) is 5.56 Å². The van der Waals surface area contributed by atoms with Crippen LogP contribution in [0.4, 0.5) is 4.79 Å². The van der Waals surface area contributed by atoms with Gasteiger partial charge >= 0.3 is 6.03 Å². The Morgan fingerprint density at radius 1 is 1.45 bits per heavy atom. The zero-order valence-electron chi connectivity index (χ0n) is 12.9. The predicted molar refractivity (Wildman–Crippen MR) is 81.9 cm³/mol. The monoisotopic (exact) mass is 300 g/mol. The molecule has 1 N–H and O–H groups in total. The van der Waals surface area contributed by atoms with E-state index in [-0.39, 0.29) is 24.5 Å². The first kappa shape index (κ1) is 16.0. The molecule has 1 aromatic carbocycles. The molecule has 1 saturated heterocycles. The molecule has 3 amide bonds. The van der Waals surface area contributed by atoms with Crippen LogP contribution in [0.2, 0.25) is 0 Å². The van der Waals surface area contributed by atoms with Crippen molar-refractivity contribution in [2.75, 3.05) is 26.2 Å². The highest BCUT2D eigenvalue weighted by Gasteiger charge is 2.28. The number of likely N-dealkylation sites (N-methyl/N-ethyl adjacent to an activating group) is 1. The van der Waals surface area contributed by atoms with Gasteiger partial charge in [-0.2, -0.15) is 5.26 Å². The van der Waals surface area contributed by atoms with E-state index in [2.05, 4.69) is 11.4 Å². The summed E-state index contributed by atoms with van der Waals surface area (Å²) in [6, 6.07) is 9.16. The summed E-state index contributed by atoms with van der Waals surface area (Å²) in [6.07, 6.45) is 0. The fourth-order valence-electron chi connectivity index (χ4n) is 2.54. The van der Waals surface area contributed by atoms with Crippen LogP contribution < -0.4 is 5.32 Å². The fourth-order valence-corrected chi connectivity index (χ4v) is 2.54. The van der Waals surface area contributed by atoms with Crippen molar-refractivity contribution in [1.82, 2.24) is 15.1 Å². The molecular weight excluding hydrogens is 280 g/mol. The van der Waals surface area contributed by atoms with Crippen molar-refractivity contribution in [3.05, 3.63) is 35.4 Å². The Balaban J connectivity index is 2.05. The smallest absolute Gasteiger partial charge is 0.324 e. The molecule has 0 saturated carbocycles. The van der Waals surface area contributed by atoms with Crippen LogP contribution in [-0.4, -0.2) is 47.9 Å². The number of benzene rings is 1. The molecule has 1 aromatic rings. The summed E-state index contributed by atoms with van der Waals surface area (Å²) in [5.74, 6) is -0.183. The van der Waals surface area contributed by atoms with Gasteiger partial charge < -0.3 is 5.32 Å². The maximum atomic E-state index is 12.2. The summed E-state index contributed by atoms with van der Waals surface area (Å²) in [5, 5.41) is 11.5. The molecule has 0 bridgehead atoms. The molecule has 1 atom stereocenters. The third-order valence-electron chi connectivity index (χ3n) is 3.97. The number of urea groups is 1. The van der Waals surface area contributed by atoms with Crippen molar-refractivity contribution in [2.45, 2.75) is 19.9 Å². The van der Waals surface area contributed by atoms with Gasteiger partial charge in [-0.15, -0.1) is 0 Å². The number of hydrogen-bond donors (Lipinski definition) is 1. The standard InChI is InChI=1S/C16H20N4O2/c1-3-19(11-15(21)20-9-8-18-16(20)22)12(2)14-6-4-13(10-17)5-7-14/h4-7,12H,3,8-9,11H2,1-2H3,(H,18,22)/t12-/m1/s1. The van der Waals surface area contributed by atoms with Gasteiger partial charge in [-0.3, -0.25) is 14.6 Å². The second kappa shape index (κ2) is 7.05. The van der Waals surface area contributed by atoms with Gasteiger partial charge in [0, 0.05) is 19.1 Å². The van der Waals surface area contributed by atoms with Crippen LogP contribution in [0.15, 0.2) is 24.3 Å². The second-order valence-electron chi connectivity index (χ2n) is 5.25. The minimum atomic E-state index is -0.313. The number of nitrogens with one attached hydrogen (secondary N) is 1. The summed E-state index contributed by atoms with van der Waals surface area (Å²) >= 11 is 0. The number of carbonyl (C=O) groups is 2. The van der Waals surface area contributed by atoms with Crippen LogP contribution in [0.25, 0.3) is 0 Å². The molecule has 1 fully saturated rings. The van der Waals surface area contributed by atoms with Gasteiger partial charge in [0.25, 0.3) is 0 Å². The number of hydrogen-bond acceptors (Lipinski definition) is 4. The minimum absolute atomic E-state index is 0.0346. The summed E-state index contributed by atoms with van der Waals surface area (Å²) < 4.78 is 0. The first-order valence-electron chi connectivity index (χ1n) is 7.39. The SMILES string of the molecule is CCN(CC(=O)N1CCNC1=O)[C@H](C)c1ccc(C#N)cc1. The van der Waals surface area contributed by atoms with Crippen molar-refractivity contribution in [2.24, 2.45) is 0 Å². The van der Waals surface area contributed by atoms with Crippen LogP contribution >= 0.6 is 0 Å². The highest BCUT2D eigenvalue weighted by atomic mass is 16.2. The zero-order valence-corrected chi connectivity index (χ0v) is 12.9. The molecule has 0 aromatic heterocycles. The van der Waals surface area contributed by atoms with Crippen molar-refractivity contribution in [3.8, 4) is 6.07 Å². The van der Waals surface area contributed by atoms with E-state index in [1.165, 1.54) is 4.90 Å². The van der Waals surface area contributed by atoms with Gasteiger partial charge in [0.2, 0.25) is 5.91 Å². The highest BCUT2D eigenvalue weighted by molar-refractivity contribution is 5.96. The first-order valence-corrected chi connectivity index (χ1v) is 7.39. The third-order valence-corrected chi connectivity index (χ3v) is 3.97. The normalized spacial score (nSPS) is 15.5. The number of nitrogens with zero attached hydrogens (tertiary/aromatic N) is 3. The van der Waals surface area contributed by atoms with Crippen LogP contribution in [0.5, 0.6) is 0 Å². The summed E-state index contributed by atoms with van der Waals surface area (Å²) in [7, 11) is 0. The Kier molecular flexibility index (Phi) is 5.12. The molecule has 1 heterocycles. The molecule has 1 aliphatic rings. The van der Waals surface area contributed by atoms with E-state index in [0.29, 0.717) is 25.2 Å². The van der Waals surface area contributed by atoms with E-state index >= 15 is 0 Å². The number of amides is 3. The average molecular weight is 300 g/mol. The molecule has 0 radical (unpaired) electrons. The Labute approximate surface area is 130 Å². The predicted octanol–water partition coefficient (Wildman–Crippen LogP) is 1.49. The topological polar surface area (TPSA) is 76.4 Å². The maximum absolute atomic E-state index is 12.2. The van der Waals surface area contributed by atoms with Gasteiger partial charge in [0.15, 0.2) is 0 Å². The molecule has 2 rings (SSSR count). The van der Waals surface area contributed by atoms with Crippen LogP contribution in [-0.2, 0) is 4.79 Å². The Bertz CT molecular complexity index is 591. The number of nitriles is 1. The van der Waals surface area contributed by atoms with E-state index < -0.39 is 0 Å². The van der Waals surface area contributed by atoms with E-state index in [4.69, 9.17) is 5.26 Å². The number of rotatable bonds is 5.